The van der Waals surface area contributed by atoms with Gasteiger partial charge in [0.1, 0.15) is 5.82 Å². The highest BCUT2D eigenvalue weighted by Crippen LogP contribution is 2.14. The van der Waals surface area contributed by atoms with Crippen LogP contribution in [0.25, 0.3) is 0 Å². The van der Waals surface area contributed by atoms with Gasteiger partial charge in [-0.3, -0.25) is 4.79 Å². The minimum atomic E-state index is -0.504. The lowest BCUT2D eigenvalue weighted by Gasteiger charge is -2.25. The Bertz CT molecular complexity index is 409. The summed E-state index contributed by atoms with van der Waals surface area (Å²) in [6.45, 7) is 7.81. The van der Waals surface area contributed by atoms with Crippen LogP contribution in [0.5, 0.6) is 0 Å². The van der Waals surface area contributed by atoms with Crippen LogP contribution in [0.3, 0.4) is 0 Å². The molecule has 2 N–H and O–H groups in total. The largest absolute Gasteiger partial charge is 0.399 e. The third kappa shape index (κ3) is 3.31. The summed E-state index contributed by atoms with van der Waals surface area (Å²) >= 11 is 0. The van der Waals surface area contributed by atoms with E-state index in [0.717, 1.165) is 0 Å². The molecule has 0 aliphatic carbocycles. The number of carbonyl (C=O) groups excluding carboxylic acids is 1. The Morgan fingerprint density at radius 2 is 2.18 bits per heavy atom. The average Bonchev–Trinajstić information content (AvgIpc) is 2.23. The number of amides is 1. The number of nitrogens with zero attached hydrogens (tertiary/aromatic N) is 1. The molecule has 92 valence electrons. The zero-order valence-corrected chi connectivity index (χ0v) is 10.1. The van der Waals surface area contributed by atoms with Crippen LogP contribution in [-0.4, -0.2) is 23.4 Å². The topological polar surface area (TPSA) is 46.3 Å². The summed E-state index contributed by atoms with van der Waals surface area (Å²) in [5, 5.41) is 0. The molecule has 0 saturated carbocycles. The summed E-state index contributed by atoms with van der Waals surface area (Å²) in [7, 11) is 0. The highest BCUT2D eigenvalue weighted by molar-refractivity contribution is 5.95. The van der Waals surface area contributed by atoms with E-state index in [0.29, 0.717) is 6.54 Å². The Kier molecular flexibility index (Phi) is 4.26. The predicted molar refractivity (Wildman–Crippen MR) is 67.2 cm³/mol. The molecule has 1 aromatic rings. The second kappa shape index (κ2) is 5.48. The van der Waals surface area contributed by atoms with Crippen molar-refractivity contribution in [1.29, 1.82) is 0 Å². The highest BCUT2D eigenvalue weighted by atomic mass is 19.1. The molecule has 0 bridgehead atoms. The maximum atomic E-state index is 13.2. The lowest BCUT2D eigenvalue weighted by atomic mass is 10.1. The molecule has 17 heavy (non-hydrogen) atoms. The van der Waals surface area contributed by atoms with E-state index in [4.69, 9.17) is 5.73 Å². The van der Waals surface area contributed by atoms with Crippen molar-refractivity contribution in [2.45, 2.75) is 19.9 Å². The second-order valence-corrected chi connectivity index (χ2v) is 4.11. The van der Waals surface area contributed by atoms with Gasteiger partial charge in [0.2, 0.25) is 0 Å². The summed E-state index contributed by atoms with van der Waals surface area (Å²) in [5.41, 5.74) is 6.02. The molecule has 1 rings (SSSR count). The Balaban J connectivity index is 3.04. The van der Waals surface area contributed by atoms with Crippen molar-refractivity contribution in [1.82, 2.24) is 4.90 Å². The fourth-order valence-electron chi connectivity index (χ4n) is 1.57. The maximum absolute atomic E-state index is 13.2. The van der Waals surface area contributed by atoms with Crippen molar-refractivity contribution in [2.75, 3.05) is 12.3 Å². The van der Waals surface area contributed by atoms with Crippen LogP contribution in [0.4, 0.5) is 10.1 Å². The van der Waals surface area contributed by atoms with Gasteiger partial charge in [-0.05, 0) is 32.0 Å². The number of nitrogens with two attached hydrogens (primary N) is 1. The zero-order valence-electron chi connectivity index (χ0n) is 10.1. The fourth-order valence-corrected chi connectivity index (χ4v) is 1.57. The quantitative estimate of drug-likeness (QED) is 0.644. The molecule has 0 saturated heterocycles. The number of rotatable bonds is 4. The van der Waals surface area contributed by atoms with Gasteiger partial charge in [0.15, 0.2) is 0 Å². The molecule has 0 aliphatic rings. The van der Waals surface area contributed by atoms with E-state index in [1.165, 1.54) is 18.2 Å². The molecule has 0 radical (unpaired) electrons. The van der Waals surface area contributed by atoms with Crippen LogP contribution in [-0.2, 0) is 0 Å². The maximum Gasteiger partial charge on any atom is 0.254 e. The van der Waals surface area contributed by atoms with Crippen molar-refractivity contribution < 1.29 is 9.18 Å². The van der Waals surface area contributed by atoms with E-state index in [2.05, 4.69) is 6.58 Å². The summed E-state index contributed by atoms with van der Waals surface area (Å²) in [4.78, 5) is 13.7. The van der Waals surface area contributed by atoms with Gasteiger partial charge in [0.25, 0.3) is 5.91 Å². The second-order valence-electron chi connectivity index (χ2n) is 4.11. The number of carbonyl (C=O) groups is 1. The molecule has 1 aromatic carbocycles. The number of anilines is 1. The minimum absolute atomic E-state index is 0.0185. The first-order valence-electron chi connectivity index (χ1n) is 5.43. The van der Waals surface area contributed by atoms with Gasteiger partial charge in [-0.2, -0.15) is 0 Å². The highest BCUT2D eigenvalue weighted by Gasteiger charge is 2.18. The Morgan fingerprint density at radius 3 is 2.65 bits per heavy atom. The molecular weight excluding hydrogens is 219 g/mol. The molecular formula is C13H17FN2O. The van der Waals surface area contributed by atoms with E-state index >= 15 is 0 Å². The van der Waals surface area contributed by atoms with Crippen molar-refractivity contribution in [3.63, 3.8) is 0 Å². The normalized spacial score (nSPS) is 10.4. The molecule has 3 nitrogen and oxygen atoms in total. The monoisotopic (exact) mass is 236 g/mol. The standard InChI is InChI=1S/C13H17FN2O/c1-4-5-16(9(2)3)13(17)10-6-11(14)8-12(15)7-10/h4,6-9H,1,5,15H2,2-3H3. The van der Waals surface area contributed by atoms with Crippen LogP contribution in [0.15, 0.2) is 30.9 Å². The first-order valence-corrected chi connectivity index (χ1v) is 5.43. The van der Waals surface area contributed by atoms with E-state index in [9.17, 15) is 9.18 Å². The van der Waals surface area contributed by atoms with Gasteiger partial charge in [-0.15, -0.1) is 6.58 Å². The summed E-state index contributed by atoms with van der Waals surface area (Å²) < 4.78 is 13.2. The smallest absolute Gasteiger partial charge is 0.254 e. The van der Waals surface area contributed by atoms with Gasteiger partial charge < -0.3 is 10.6 Å². The van der Waals surface area contributed by atoms with E-state index in [1.54, 1.807) is 11.0 Å². The predicted octanol–water partition coefficient (Wildman–Crippen LogP) is 2.44. The molecule has 1 amide bonds. The summed E-state index contributed by atoms with van der Waals surface area (Å²) in [6, 6.07) is 3.87. The number of halogens is 1. The first kappa shape index (κ1) is 13.2. The average molecular weight is 236 g/mol. The van der Waals surface area contributed by atoms with Crippen molar-refractivity contribution in [3.05, 3.63) is 42.2 Å². The first-order chi connectivity index (χ1) is 7.95. The van der Waals surface area contributed by atoms with Crippen molar-refractivity contribution in [3.8, 4) is 0 Å². The van der Waals surface area contributed by atoms with E-state index in [1.807, 2.05) is 13.8 Å². The SMILES string of the molecule is C=CCN(C(=O)c1cc(N)cc(F)c1)C(C)C. The van der Waals surface area contributed by atoms with E-state index < -0.39 is 5.82 Å². The lowest BCUT2D eigenvalue weighted by molar-refractivity contribution is 0.0728. The van der Waals surface area contributed by atoms with Crippen molar-refractivity contribution in [2.24, 2.45) is 0 Å². The van der Waals surface area contributed by atoms with Gasteiger partial charge in [0.05, 0.1) is 0 Å². The fraction of sp³-hybridized carbons (Fsp3) is 0.308. The van der Waals surface area contributed by atoms with Gasteiger partial charge in [0, 0.05) is 23.8 Å². The molecule has 0 fully saturated rings. The van der Waals surface area contributed by atoms with Gasteiger partial charge in [-0.1, -0.05) is 6.08 Å². The third-order valence-electron chi connectivity index (χ3n) is 2.38. The molecule has 0 aliphatic heterocycles. The third-order valence-corrected chi connectivity index (χ3v) is 2.38. The Hall–Kier alpha value is -1.84. The number of benzene rings is 1. The zero-order chi connectivity index (χ0) is 13.0. The van der Waals surface area contributed by atoms with Crippen LogP contribution in [0.1, 0.15) is 24.2 Å². The van der Waals surface area contributed by atoms with Crippen LogP contribution >= 0.6 is 0 Å². The number of hydrogen-bond acceptors (Lipinski definition) is 2. The Labute approximate surface area is 101 Å². The van der Waals surface area contributed by atoms with E-state index in [-0.39, 0.29) is 23.2 Å². The van der Waals surface area contributed by atoms with Crippen LogP contribution in [0, 0.1) is 5.82 Å². The molecule has 0 heterocycles. The van der Waals surface area contributed by atoms with Crippen molar-refractivity contribution >= 4 is 11.6 Å². The lowest BCUT2D eigenvalue weighted by Crippen LogP contribution is -2.37. The Morgan fingerprint density at radius 1 is 1.53 bits per heavy atom. The molecule has 0 atom stereocenters. The minimum Gasteiger partial charge on any atom is -0.399 e. The van der Waals surface area contributed by atoms with Crippen LogP contribution in [0.2, 0.25) is 0 Å². The number of hydrogen-bond donors (Lipinski definition) is 1. The molecule has 0 unspecified atom stereocenters. The molecule has 0 spiro atoms. The summed E-state index contributed by atoms with van der Waals surface area (Å²) in [5.74, 6) is -0.748. The van der Waals surface area contributed by atoms with Gasteiger partial charge >= 0.3 is 0 Å². The number of nitrogen functional groups attached to an aromatic ring is 1. The van der Waals surface area contributed by atoms with Gasteiger partial charge in [-0.25, -0.2) is 4.39 Å². The summed E-state index contributed by atoms with van der Waals surface area (Å²) in [6.07, 6.45) is 1.64. The molecule has 0 aromatic heterocycles. The molecule has 4 heteroatoms. The van der Waals surface area contributed by atoms with Crippen LogP contribution < -0.4 is 5.73 Å².